The van der Waals surface area contributed by atoms with E-state index in [9.17, 15) is 4.79 Å². The van der Waals surface area contributed by atoms with Crippen molar-refractivity contribution >= 4 is 19.2 Å². The van der Waals surface area contributed by atoms with Gasteiger partial charge in [0.25, 0.3) is 0 Å². The molecular weight excluding hydrogens is 216 g/mol. The van der Waals surface area contributed by atoms with Gasteiger partial charge in [0.15, 0.2) is 8.07 Å². The zero-order valence-corrected chi connectivity index (χ0v) is 12.8. The van der Waals surface area contributed by atoms with Crippen LogP contribution in [0.4, 0.5) is 0 Å². The van der Waals surface area contributed by atoms with Crippen molar-refractivity contribution in [1.29, 1.82) is 0 Å². The van der Waals surface area contributed by atoms with Gasteiger partial charge in [-0.15, -0.1) is 0 Å². The number of rotatable bonds is 2. The first-order valence-corrected chi connectivity index (χ1v) is 8.63. The van der Waals surface area contributed by atoms with Crippen LogP contribution in [0.15, 0.2) is 0 Å². The molecule has 0 aromatic heterocycles. The summed E-state index contributed by atoms with van der Waals surface area (Å²) in [4.78, 5) is 15.6. The number of carbonyl (C=O) groups is 1. The fourth-order valence-electron chi connectivity index (χ4n) is 1.16. The Labute approximate surface area is 99.9 Å². The Kier molecular flexibility index (Phi) is 4.07. The number of nitrogens with zero attached hydrogens (tertiary/aromatic N) is 2. The average Bonchev–Trinajstić information content (AvgIpc) is 2.00. The van der Waals surface area contributed by atoms with E-state index in [-0.39, 0.29) is 10.8 Å². The molecule has 0 spiro atoms. The van der Waals surface area contributed by atoms with Crippen LogP contribution in [0, 0.1) is 5.41 Å². The van der Waals surface area contributed by atoms with Crippen molar-refractivity contribution in [3.05, 3.63) is 5.53 Å². The van der Waals surface area contributed by atoms with Crippen LogP contribution >= 0.6 is 0 Å². The van der Waals surface area contributed by atoms with E-state index < -0.39 is 13.5 Å². The third kappa shape index (κ3) is 2.89. The Morgan fingerprint density at radius 1 is 1.06 bits per heavy atom. The minimum atomic E-state index is -2.06. The number of Topliss-reactive ketones (excluding diaryl/α,β-unsaturated/α-hetero) is 1. The third-order valence-electron chi connectivity index (χ3n) is 3.46. The molecule has 0 unspecified atom stereocenters. The monoisotopic (exact) mass is 240 g/mol. The second-order valence-electron chi connectivity index (χ2n) is 6.90. The molecule has 0 amide bonds. The Morgan fingerprint density at radius 2 is 1.44 bits per heavy atom. The van der Waals surface area contributed by atoms with Gasteiger partial charge in [0, 0.05) is 5.41 Å². The van der Waals surface area contributed by atoms with Gasteiger partial charge in [-0.25, -0.2) is 0 Å². The minimum Gasteiger partial charge on any atom is -0.362 e. The SMILES string of the molecule is CC(C)(C)C(=O)C(=[N+]=[N-])[Si](C)(C)C(C)(C)C. The summed E-state index contributed by atoms with van der Waals surface area (Å²) in [5.41, 5.74) is 8.67. The lowest BCUT2D eigenvalue weighted by molar-refractivity contribution is -0.123. The van der Waals surface area contributed by atoms with E-state index in [4.69, 9.17) is 5.53 Å². The summed E-state index contributed by atoms with van der Waals surface area (Å²) < 4.78 is 0. The van der Waals surface area contributed by atoms with Crippen molar-refractivity contribution in [2.75, 3.05) is 0 Å². The smallest absolute Gasteiger partial charge is 0.301 e. The molecule has 4 heteroatoms. The lowest BCUT2D eigenvalue weighted by Gasteiger charge is -2.33. The molecule has 0 aromatic carbocycles. The first-order chi connectivity index (χ1) is 6.85. The van der Waals surface area contributed by atoms with Crippen LogP contribution in [0.3, 0.4) is 0 Å². The van der Waals surface area contributed by atoms with Gasteiger partial charge in [0.2, 0.25) is 5.78 Å². The second kappa shape index (κ2) is 4.26. The van der Waals surface area contributed by atoms with Crippen LogP contribution in [-0.4, -0.2) is 24.0 Å². The molecule has 0 fully saturated rings. The van der Waals surface area contributed by atoms with Gasteiger partial charge in [0.1, 0.15) is 0 Å². The van der Waals surface area contributed by atoms with Gasteiger partial charge >= 0.3 is 5.33 Å². The van der Waals surface area contributed by atoms with Crippen LogP contribution in [0.5, 0.6) is 0 Å². The largest absolute Gasteiger partial charge is 0.362 e. The molecular formula is C12H24N2OSi. The molecule has 0 aliphatic rings. The van der Waals surface area contributed by atoms with E-state index in [1.807, 2.05) is 20.8 Å². The summed E-state index contributed by atoms with van der Waals surface area (Å²) in [7, 11) is -2.06. The lowest BCUT2D eigenvalue weighted by Crippen LogP contribution is -2.53. The van der Waals surface area contributed by atoms with E-state index in [1.165, 1.54) is 0 Å². The quantitative estimate of drug-likeness (QED) is 0.316. The summed E-state index contributed by atoms with van der Waals surface area (Å²) in [6.45, 7) is 16.0. The molecule has 0 aromatic rings. The van der Waals surface area contributed by atoms with Crippen molar-refractivity contribution < 1.29 is 9.58 Å². The molecule has 0 aliphatic heterocycles. The predicted molar refractivity (Wildman–Crippen MR) is 70.3 cm³/mol. The van der Waals surface area contributed by atoms with Gasteiger partial charge in [-0.1, -0.05) is 54.6 Å². The molecule has 0 aliphatic carbocycles. The number of hydrogen-bond donors (Lipinski definition) is 0. The molecule has 0 saturated carbocycles. The fraction of sp³-hybridized carbons (Fsp3) is 0.833. The van der Waals surface area contributed by atoms with Crippen LogP contribution in [0.2, 0.25) is 18.1 Å². The molecule has 0 heterocycles. The van der Waals surface area contributed by atoms with Crippen molar-refractivity contribution in [3.8, 4) is 0 Å². The molecule has 0 N–H and O–H groups in total. The van der Waals surface area contributed by atoms with Crippen LogP contribution in [0.25, 0.3) is 5.53 Å². The third-order valence-corrected chi connectivity index (χ3v) is 8.72. The maximum absolute atomic E-state index is 12.2. The first kappa shape index (κ1) is 15.3. The average molecular weight is 240 g/mol. The summed E-state index contributed by atoms with van der Waals surface area (Å²) in [5.74, 6) is -0.0402. The van der Waals surface area contributed by atoms with E-state index in [1.54, 1.807) is 0 Å². The van der Waals surface area contributed by atoms with Crippen molar-refractivity contribution in [3.63, 3.8) is 0 Å². The van der Waals surface area contributed by atoms with Crippen LogP contribution < -0.4 is 0 Å². The molecule has 3 nitrogen and oxygen atoms in total. The molecule has 0 rings (SSSR count). The highest BCUT2D eigenvalue weighted by Gasteiger charge is 2.51. The van der Waals surface area contributed by atoms with E-state index in [0.29, 0.717) is 5.33 Å². The van der Waals surface area contributed by atoms with Crippen molar-refractivity contribution in [2.45, 2.75) is 59.7 Å². The second-order valence-corrected chi connectivity index (χ2v) is 12.1. The summed E-state index contributed by atoms with van der Waals surface area (Å²) in [6, 6.07) is 0. The van der Waals surface area contributed by atoms with Gasteiger partial charge in [-0.05, 0) is 5.04 Å². The Morgan fingerprint density at radius 3 is 1.62 bits per heavy atom. The highest BCUT2D eigenvalue weighted by molar-refractivity contribution is 7.14. The molecule has 0 bridgehead atoms. The molecule has 0 radical (unpaired) electrons. The first-order valence-electron chi connectivity index (χ1n) is 5.63. The Balaban J connectivity index is 5.54. The maximum atomic E-state index is 12.2. The van der Waals surface area contributed by atoms with E-state index in [2.05, 4.69) is 38.7 Å². The number of ketones is 1. The van der Waals surface area contributed by atoms with Gasteiger partial charge in [0.05, 0.1) is 0 Å². The van der Waals surface area contributed by atoms with Crippen molar-refractivity contribution in [2.24, 2.45) is 5.41 Å². The van der Waals surface area contributed by atoms with Gasteiger partial charge in [-0.2, -0.15) is 4.79 Å². The fourth-order valence-corrected chi connectivity index (χ4v) is 3.07. The lowest BCUT2D eigenvalue weighted by atomic mass is 9.91. The highest BCUT2D eigenvalue weighted by Crippen LogP contribution is 2.37. The molecule has 0 atom stereocenters. The Bertz CT molecular complexity index is 339. The molecule has 92 valence electrons. The van der Waals surface area contributed by atoms with E-state index in [0.717, 1.165) is 0 Å². The predicted octanol–water partition coefficient (Wildman–Crippen LogP) is 3.32. The number of carbonyl (C=O) groups excluding carboxylic acids is 1. The van der Waals surface area contributed by atoms with Gasteiger partial charge < -0.3 is 5.53 Å². The van der Waals surface area contributed by atoms with Crippen LogP contribution in [0.1, 0.15) is 41.5 Å². The standard InChI is InChI=1S/C12H24N2OSi/c1-11(2,3)9(15)10(14-13)16(7,8)12(4,5)6/h1-8H3. The normalized spacial score (nSPS) is 13.2. The minimum absolute atomic E-state index is 0.00449. The van der Waals surface area contributed by atoms with E-state index >= 15 is 0 Å². The van der Waals surface area contributed by atoms with Gasteiger partial charge in [-0.3, -0.25) is 4.79 Å². The van der Waals surface area contributed by atoms with Crippen LogP contribution in [-0.2, 0) is 4.79 Å². The zero-order chi connectivity index (χ0) is 13.4. The summed E-state index contributed by atoms with van der Waals surface area (Å²) in [6.07, 6.45) is 0. The zero-order valence-electron chi connectivity index (χ0n) is 11.8. The maximum Gasteiger partial charge on any atom is 0.301 e. The van der Waals surface area contributed by atoms with Crippen molar-refractivity contribution in [1.82, 2.24) is 0 Å². The summed E-state index contributed by atoms with van der Waals surface area (Å²) in [5, 5.41) is 0.391. The summed E-state index contributed by atoms with van der Waals surface area (Å²) >= 11 is 0. The topological polar surface area (TPSA) is 53.5 Å². The highest BCUT2D eigenvalue weighted by atomic mass is 28.3. The Hall–Kier alpha value is -0.733. The molecule has 0 saturated heterocycles. The number of hydrogen-bond acceptors (Lipinski definition) is 1. The molecule has 16 heavy (non-hydrogen) atoms.